The molecule has 4 rings (SSSR count). The smallest absolute Gasteiger partial charge is 0.249 e. The number of nitrogens with one attached hydrogen (secondary N) is 2. The van der Waals surface area contributed by atoms with Gasteiger partial charge < -0.3 is 20.1 Å². The molecule has 1 fully saturated rings. The highest BCUT2D eigenvalue weighted by Gasteiger charge is 2.41. The van der Waals surface area contributed by atoms with Crippen molar-refractivity contribution in [1.82, 2.24) is 15.4 Å². The number of aromatic nitrogens is 1. The Morgan fingerprint density at radius 2 is 1.95 bits per heavy atom. The van der Waals surface area contributed by atoms with E-state index in [2.05, 4.69) is 10.3 Å². The van der Waals surface area contributed by atoms with Gasteiger partial charge in [0.15, 0.2) is 11.6 Å². The topological polar surface area (TPSA) is 107 Å². The van der Waals surface area contributed by atoms with Gasteiger partial charge in [-0.05, 0) is 57.0 Å². The predicted octanol–water partition coefficient (Wildman–Crippen LogP) is 4.64. The molecule has 2 aromatic carbocycles. The molecule has 3 aromatic rings. The van der Waals surface area contributed by atoms with Crippen LogP contribution in [0.2, 0.25) is 0 Å². The van der Waals surface area contributed by atoms with E-state index in [0.717, 1.165) is 6.07 Å². The molecule has 1 amide bonds. The summed E-state index contributed by atoms with van der Waals surface area (Å²) in [5.41, 5.74) is 1.60. The Morgan fingerprint density at radius 3 is 2.62 bits per heavy atom. The third-order valence-corrected chi connectivity index (χ3v) is 7.69. The zero-order chi connectivity index (χ0) is 28.9. The van der Waals surface area contributed by atoms with Crippen LogP contribution in [-0.4, -0.2) is 59.4 Å². The van der Waals surface area contributed by atoms with E-state index in [1.165, 1.54) is 13.3 Å². The molecule has 2 heterocycles. The normalized spacial score (nSPS) is 16.1. The Labute approximate surface area is 228 Å². The molecule has 1 saturated heterocycles. The molecule has 1 aliphatic heterocycles. The Kier molecular flexibility index (Phi) is 9.44. The number of likely N-dealkylation sites (tertiary alicyclic amines) is 1. The molecule has 8 nitrogen and oxygen atoms in total. The van der Waals surface area contributed by atoms with Gasteiger partial charge in [-0.15, -0.1) is 0 Å². The average molecular weight is 565 g/mol. The molecule has 216 valence electrons. The quantitative estimate of drug-likeness (QED) is 0.116. The second kappa shape index (κ2) is 12.8. The summed E-state index contributed by atoms with van der Waals surface area (Å²) < 4.78 is 61.9. The lowest BCUT2D eigenvalue weighted by Gasteiger charge is -2.40. The summed E-state index contributed by atoms with van der Waals surface area (Å²) in [6.45, 7) is 1.07. The third kappa shape index (κ3) is 6.29. The van der Waals surface area contributed by atoms with E-state index in [1.807, 2.05) is 4.90 Å². The maximum Gasteiger partial charge on any atom is 0.249 e. The SMILES string of the molecule is COc1ccc2ncc(CO)c(C(F)CCC3(C(=O)NO)CCN(CCNc4cc(F)cc(F)c4F)CC3)c2c1. The molecule has 40 heavy (non-hydrogen) atoms. The number of alkyl halides is 1. The minimum absolute atomic E-state index is 0.0390. The summed E-state index contributed by atoms with van der Waals surface area (Å²) in [5, 5.41) is 22.5. The molecule has 0 radical (unpaired) electrons. The molecule has 0 aliphatic carbocycles. The zero-order valence-electron chi connectivity index (χ0n) is 22.0. The highest BCUT2D eigenvalue weighted by Crippen LogP contribution is 2.41. The second-order valence-electron chi connectivity index (χ2n) is 9.98. The number of aliphatic hydroxyl groups is 1. The van der Waals surface area contributed by atoms with E-state index < -0.39 is 41.6 Å². The molecule has 1 aromatic heterocycles. The Bertz CT molecular complexity index is 1350. The van der Waals surface area contributed by atoms with Gasteiger partial charge in [-0.2, -0.15) is 0 Å². The Hall–Kier alpha value is -3.48. The molecule has 1 atom stereocenters. The monoisotopic (exact) mass is 564 g/mol. The van der Waals surface area contributed by atoms with E-state index in [-0.39, 0.29) is 30.6 Å². The number of hydrogen-bond donors (Lipinski definition) is 4. The van der Waals surface area contributed by atoms with Crippen molar-refractivity contribution in [2.45, 2.75) is 38.5 Å². The molecule has 4 N–H and O–H groups in total. The van der Waals surface area contributed by atoms with E-state index in [9.17, 15) is 28.3 Å². The molecule has 0 bridgehead atoms. The number of anilines is 1. The number of fused-ring (bicyclic) bond motifs is 1. The summed E-state index contributed by atoms with van der Waals surface area (Å²) in [4.78, 5) is 19.1. The third-order valence-electron chi connectivity index (χ3n) is 7.69. The second-order valence-corrected chi connectivity index (χ2v) is 9.98. The van der Waals surface area contributed by atoms with Crippen LogP contribution in [0.5, 0.6) is 5.75 Å². The molecule has 1 aliphatic rings. The number of nitrogens with zero attached hydrogens (tertiary/aromatic N) is 2. The Balaban J connectivity index is 1.42. The van der Waals surface area contributed by atoms with Crippen LogP contribution in [0.25, 0.3) is 10.9 Å². The van der Waals surface area contributed by atoms with Crippen LogP contribution in [0.3, 0.4) is 0 Å². The molecular weight excluding hydrogens is 532 g/mol. The van der Waals surface area contributed by atoms with Gasteiger partial charge in [0, 0.05) is 47.9 Å². The van der Waals surface area contributed by atoms with Gasteiger partial charge in [-0.25, -0.2) is 23.0 Å². The lowest BCUT2D eigenvalue weighted by atomic mass is 9.73. The van der Waals surface area contributed by atoms with Crippen LogP contribution in [0, 0.1) is 22.9 Å². The number of pyridine rings is 1. The van der Waals surface area contributed by atoms with Crippen molar-refractivity contribution in [2.75, 3.05) is 38.6 Å². The van der Waals surface area contributed by atoms with Gasteiger partial charge in [0.1, 0.15) is 17.7 Å². The van der Waals surface area contributed by atoms with Crippen LogP contribution >= 0.6 is 0 Å². The fraction of sp³-hybridized carbons (Fsp3) is 0.429. The number of carbonyl (C=O) groups excluding carboxylic acids is 1. The van der Waals surface area contributed by atoms with Crippen molar-refractivity contribution >= 4 is 22.5 Å². The molecule has 0 saturated carbocycles. The summed E-state index contributed by atoms with van der Waals surface area (Å²) in [5.74, 6) is -3.42. The van der Waals surface area contributed by atoms with Crippen molar-refractivity contribution < 1.29 is 37.4 Å². The summed E-state index contributed by atoms with van der Waals surface area (Å²) in [6.07, 6.45) is 0.664. The van der Waals surface area contributed by atoms with E-state index >= 15 is 4.39 Å². The maximum atomic E-state index is 15.9. The first-order chi connectivity index (χ1) is 19.2. The number of piperidine rings is 1. The lowest BCUT2D eigenvalue weighted by molar-refractivity contribution is -0.143. The van der Waals surface area contributed by atoms with Crippen LogP contribution < -0.4 is 15.5 Å². The van der Waals surface area contributed by atoms with Gasteiger partial charge in [0.05, 0.1) is 30.3 Å². The van der Waals surface area contributed by atoms with Gasteiger partial charge in [0.25, 0.3) is 0 Å². The van der Waals surface area contributed by atoms with Gasteiger partial charge in [-0.3, -0.25) is 15.0 Å². The number of hydrogen-bond acceptors (Lipinski definition) is 7. The fourth-order valence-electron chi connectivity index (χ4n) is 5.35. The largest absolute Gasteiger partial charge is 0.497 e. The number of halogens is 4. The molecule has 12 heteroatoms. The summed E-state index contributed by atoms with van der Waals surface area (Å²) in [6, 6.07) is 6.43. The first-order valence-corrected chi connectivity index (χ1v) is 13.0. The van der Waals surface area contributed by atoms with Gasteiger partial charge >= 0.3 is 0 Å². The van der Waals surface area contributed by atoms with Crippen molar-refractivity contribution in [3.8, 4) is 5.75 Å². The standard InChI is InChI=1S/C28H32F4N4O4/c1-40-19-2-3-23-20(14-19)25(17(16-37)15-34-23)21(30)4-5-28(27(38)35-39)6-9-36(10-7-28)11-8-33-24-13-18(29)12-22(31)26(24)32/h2-3,12-15,21,33,37,39H,4-11,16H2,1H3,(H,35,38). The highest BCUT2D eigenvalue weighted by atomic mass is 19.2. The number of ether oxygens (including phenoxy) is 1. The van der Waals surface area contributed by atoms with Crippen LogP contribution in [0.1, 0.15) is 43.0 Å². The summed E-state index contributed by atoms with van der Waals surface area (Å²) >= 11 is 0. The Morgan fingerprint density at radius 1 is 1.20 bits per heavy atom. The number of carbonyl (C=O) groups is 1. The van der Waals surface area contributed by atoms with Crippen LogP contribution in [0.4, 0.5) is 23.2 Å². The van der Waals surface area contributed by atoms with Crippen molar-refractivity contribution in [3.05, 3.63) is 65.1 Å². The molecular formula is C28H32F4N4O4. The average Bonchev–Trinajstić information content (AvgIpc) is 2.97. The van der Waals surface area contributed by atoms with Crippen LogP contribution in [0.15, 0.2) is 36.5 Å². The van der Waals surface area contributed by atoms with Gasteiger partial charge in [0.2, 0.25) is 5.91 Å². The number of methoxy groups -OCH3 is 1. The first-order valence-electron chi connectivity index (χ1n) is 13.0. The number of hydroxylamine groups is 1. The van der Waals surface area contributed by atoms with Crippen molar-refractivity contribution in [1.29, 1.82) is 0 Å². The zero-order valence-corrected chi connectivity index (χ0v) is 22.0. The van der Waals surface area contributed by atoms with Crippen LogP contribution in [-0.2, 0) is 11.4 Å². The minimum atomic E-state index is -1.52. The van der Waals surface area contributed by atoms with E-state index in [4.69, 9.17) is 4.74 Å². The predicted molar refractivity (Wildman–Crippen MR) is 140 cm³/mol. The van der Waals surface area contributed by atoms with E-state index in [1.54, 1.807) is 23.7 Å². The summed E-state index contributed by atoms with van der Waals surface area (Å²) in [7, 11) is 1.50. The first kappa shape index (κ1) is 29.5. The number of aliphatic hydroxyl groups excluding tert-OH is 1. The number of amides is 1. The highest BCUT2D eigenvalue weighted by molar-refractivity contribution is 5.85. The molecule has 1 unspecified atom stereocenters. The number of rotatable bonds is 11. The molecule has 0 spiro atoms. The lowest BCUT2D eigenvalue weighted by Crippen LogP contribution is -2.49. The van der Waals surface area contributed by atoms with Crippen molar-refractivity contribution in [2.24, 2.45) is 5.41 Å². The number of benzene rings is 2. The fourth-order valence-corrected chi connectivity index (χ4v) is 5.35. The minimum Gasteiger partial charge on any atom is -0.497 e. The van der Waals surface area contributed by atoms with E-state index in [0.29, 0.717) is 60.8 Å². The maximum absolute atomic E-state index is 15.9. The van der Waals surface area contributed by atoms with Crippen molar-refractivity contribution in [3.63, 3.8) is 0 Å². The van der Waals surface area contributed by atoms with Gasteiger partial charge in [-0.1, -0.05) is 0 Å².